The molecule has 0 bridgehead atoms. The summed E-state index contributed by atoms with van der Waals surface area (Å²) in [4.78, 5) is 0. The third-order valence-corrected chi connectivity index (χ3v) is 5.66. The van der Waals surface area contributed by atoms with Crippen LogP contribution in [-0.4, -0.2) is 23.6 Å². The van der Waals surface area contributed by atoms with E-state index in [4.69, 9.17) is 0 Å². The molecule has 1 heterocycles. The van der Waals surface area contributed by atoms with Crippen molar-refractivity contribution < 1.29 is 0 Å². The van der Waals surface area contributed by atoms with Crippen molar-refractivity contribution in [3.63, 3.8) is 0 Å². The summed E-state index contributed by atoms with van der Waals surface area (Å²) in [6.45, 7) is 9.48. The summed E-state index contributed by atoms with van der Waals surface area (Å²) in [5.41, 5.74) is 1.59. The highest BCUT2D eigenvalue weighted by Crippen LogP contribution is 2.37. The Kier molecular flexibility index (Phi) is 4.59. The lowest BCUT2D eigenvalue weighted by atomic mass is 9.83. The second-order valence-electron chi connectivity index (χ2n) is 6.33. The molecule has 2 rings (SSSR count). The normalized spacial score (nSPS) is 38.2. The number of rotatable bonds is 4. The Morgan fingerprint density at radius 1 is 1.53 bits per heavy atom. The highest BCUT2D eigenvalue weighted by atomic mass is 32.2. The van der Waals surface area contributed by atoms with Crippen LogP contribution < -0.4 is 5.32 Å². The summed E-state index contributed by atoms with van der Waals surface area (Å²) in [5.74, 6) is 3.01. The van der Waals surface area contributed by atoms with Crippen molar-refractivity contribution in [1.82, 2.24) is 5.32 Å². The van der Waals surface area contributed by atoms with Gasteiger partial charge in [0.15, 0.2) is 0 Å². The summed E-state index contributed by atoms with van der Waals surface area (Å²) in [6.07, 6.45) is 7.93. The molecule has 1 aliphatic heterocycles. The highest BCUT2D eigenvalue weighted by molar-refractivity contribution is 8.00. The van der Waals surface area contributed by atoms with Gasteiger partial charge < -0.3 is 5.32 Å². The molecule has 1 aliphatic carbocycles. The highest BCUT2D eigenvalue weighted by Gasteiger charge is 2.29. The van der Waals surface area contributed by atoms with Crippen LogP contribution in [0.2, 0.25) is 0 Å². The van der Waals surface area contributed by atoms with E-state index in [2.05, 4.69) is 43.9 Å². The van der Waals surface area contributed by atoms with Gasteiger partial charge in [-0.1, -0.05) is 18.6 Å². The average Bonchev–Trinajstić information content (AvgIpc) is 2.64. The van der Waals surface area contributed by atoms with Crippen LogP contribution in [0.5, 0.6) is 0 Å². The first kappa shape index (κ1) is 13.5. The van der Waals surface area contributed by atoms with E-state index in [-0.39, 0.29) is 0 Å². The van der Waals surface area contributed by atoms with Crippen molar-refractivity contribution in [2.45, 2.75) is 51.2 Å². The molecule has 17 heavy (non-hydrogen) atoms. The van der Waals surface area contributed by atoms with E-state index in [0.29, 0.717) is 4.75 Å². The minimum atomic E-state index is 0.519. The average molecular weight is 253 g/mol. The number of hydrogen-bond donors (Lipinski definition) is 1. The lowest BCUT2D eigenvalue weighted by Crippen LogP contribution is -2.36. The zero-order valence-electron chi connectivity index (χ0n) is 11.6. The molecule has 1 N–H and O–H groups in total. The topological polar surface area (TPSA) is 12.0 Å². The van der Waals surface area contributed by atoms with E-state index in [9.17, 15) is 0 Å². The summed E-state index contributed by atoms with van der Waals surface area (Å²) in [5, 5.41) is 3.73. The quantitative estimate of drug-likeness (QED) is 0.764. The van der Waals surface area contributed by atoms with Crippen LogP contribution in [0.25, 0.3) is 0 Å². The Balaban J connectivity index is 1.70. The van der Waals surface area contributed by atoms with Gasteiger partial charge in [-0.2, -0.15) is 11.8 Å². The van der Waals surface area contributed by atoms with E-state index < -0.39 is 0 Å². The molecule has 0 aromatic rings. The number of hydrogen-bond acceptors (Lipinski definition) is 2. The van der Waals surface area contributed by atoms with Crippen LogP contribution in [0.3, 0.4) is 0 Å². The molecule has 1 saturated heterocycles. The Morgan fingerprint density at radius 2 is 2.35 bits per heavy atom. The molecule has 0 radical (unpaired) electrons. The minimum Gasteiger partial charge on any atom is -0.315 e. The first-order valence-corrected chi connectivity index (χ1v) is 8.08. The number of allylic oxidation sites excluding steroid dienone is 2. The van der Waals surface area contributed by atoms with Crippen molar-refractivity contribution in [2.24, 2.45) is 11.8 Å². The van der Waals surface area contributed by atoms with E-state index in [1.165, 1.54) is 44.5 Å². The molecule has 98 valence electrons. The summed E-state index contributed by atoms with van der Waals surface area (Å²) < 4.78 is 0.519. The predicted molar refractivity (Wildman–Crippen MR) is 78.6 cm³/mol. The largest absolute Gasteiger partial charge is 0.315 e. The van der Waals surface area contributed by atoms with Crippen molar-refractivity contribution >= 4 is 11.8 Å². The number of thioether (sulfide) groups is 1. The summed E-state index contributed by atoms with van der Waals surface area (Å²) in [6, 6.07) is 0. The van der Waals surface area contributed by atoms with Gasteiger partial charge in [-0.25, -0.2) is 0 Å². The van der Waals surface area contributed by atoms with E-state index in [0.717, 1.165) is 11.8 Å². The zero-order valence-corrected chi connectivity index (χ0v) is 12.4. The van der Waals surface area contributed by atoms with E-state index in [1.807, 2.05) is 0 Å². The van der Waals surface area contributed by atoms with Gasteiger partial charge in [0.25, 0.3) is 0 Å². The molecule has 0 aromatic heterocycles. The Bertz CT molecular complexity index is 279. The zero-order chi connectivity index (χ0) is 12.3. The van der Waals surface area contributed by atoms with Crippen molar-refractivity contribution in [3.05, 3.63) is 11.6 Å². The predicted octanol–water partition coefficient (Wildman–Crippen LogP) is 3.85. The third-order valence-electron chi connectivity index (χ3n) is 4.12. The Labute approximate surface area is 111 Å². The summed E-state index contributed by atoms with van der Waals surface area (Å²) >= 11 is 2.16. The van der Waals surface area contributed by atoms with Gasteiger partial charge in [-0.15, -0.1) is 0 Å². The minimum absolute atomic E-state index is 0.519. The standard InChI is InChI=1S/C15H27NS/c1-12-7-13(2)9-14(8-12)10-16-11-15(3)5-4-6-17-15/h7,12,14,16H,4-6,8-11H2,1-3H3. The maximum absolute atomic E-state index is 3.73. The molecule has 2 heteroatoms. The van der Waals surface area contributed by atoms with Crippen LogP contribution in [0.15, 0.2) is 11.6 Å². The second kappa shape index (κ2) is 5.79. The molecule has 2 aliphatic rings. The van der Waals surface area contributed by atoms with Crippen LogP contribution in [0.1, 0.15) is 46.5 Å². The molecule has 3 atom stereocenters. The molecule has 0 aromatic carbocycles. The molecule has 3 unspecified atom stereocenters. The summed E-state index contributed by atoms with van der Waals surface area (Å²) in [7, 11) is 0. The van der Waals surface area contributed by atoms with Gasteiger partial charge in [0.2, 0.25) is 0 Å². The molecule has 0 spiro atoms. The van der Waals surface area contributed by atoms with Gasteiger partial charge in [0, 0.05) is 11.3 Å². The van der Waals surface area contributed by atoms with E-state index in [1.54, 1.807) is 5.57 Å². The molecular weight excluding hydrogens is 226 g/mol. The lowest BCUT2D eigenvalue weighted by Gasteiger charge is -2.28. The van der Waals surface area contributed by atoms with E-state index >= 15 is 0 Å². The van der Waals surface area contributed by atoms with Crippen LogP contribution in [-0.2, 0) is 0 Å². The molecule has 0 saturated carbocycles. The molecule has 0 amide bonds. The van der Waals surface area contributed by atoms with Crippen molar-refractivity contribution in [1.29, 1.82) is 0 Å². The monoisotopic (exact) mass is 253 g/mol. The number of nitrogens with one attached hydrogen (secondary N) is 1. The SMILES string of the molecule is CC1=CC(C)CC(CNCC2(C)CCCS2)C1. The first-order valence-electron chi connectivity index (χ1n) is 7.09. The molecule has 1 nitrogen and oxygen atoms in total. The van der Waals surface area contributed by atoms with Gasteiger partial charge in [0.1, 0.15) is 0 Å². The van der Waals surface area contributed by atoms with Gasteiger partial charge >= 0.3 is 0 Å². The van der Waals surface area contributed by atoms with Crippen LogP contribution in [0, 0.1) is 11.8 Å². The second-order valence-corrected chi connectivity index (χ2v) is 8.01. The fraction of sp³-hybridized carbons (Fsp3) is 0.867. The van der Waals surface area contributed by atoms with Crippen molar-refractivity contribution in [3.8, 4) is 0 Å². The molecular formula is C15H27NS. The molecule has 1 fully saturated rings. The third kappa shape index (κ3) is 4.03. The fourth-order valence-electron chi connectivity index (χ4n) is 3.36. The first-order chi connectivity index (χ1) is 8.07. The maximum atomic E-state index is 3.73. The fourth-order valence-corrected chi connectivity index (χ4v) is 4.63. The van der Waals surface area contributed by atoms with Gasteiger partial charge in [0.05, 0.1) is 0 Å². The van der Waals surface area contributed by atoms with Gasteiger partial charge in [-0.3, -0.25) is 0 Å². The smallest absolute Gasteiger partial charge is 0.0256 e. The Hall–Kier alpha value is 0.0500. The van der Waals surface area contributed by atoms with Gasteiger partial charge in [-0.05, 0) is 63.7 Å². The maximum Gasteiger partial charge on any atom is 0.0256 e. The van der Waals surface area contributed by atoms with Crippen LogP contribution >= 0.6 is 11.8 Å². The van der Waals surface area contributed by atoms with Crippen LogP contribution in [0.4, 0.5) is 0 Å². The van der Waals surface area contributed by atoms with Crippen molar-refractivity contribution in [2.75, 3.05) is 18.8 Å². The lowest BCUT2D eigenvalue weighted by molar-refractivity contribution is 0.373. The Morgan fingerprint density at radius 3 is 3.00 bits per heavy atom.